The predicted molar refractivity (Wildman–Crippen MR) is 137 cm³/mol. The van der Waals surface area contributed by atoms with E-state index in [9.17, 15) is 36.2 Å². The average Bonchev–Trinajstić information content (AvgIpc) is 2.92. The quantitative estimate of drug-likeness (QED) is 0.257. The number of aromatic nitrogens is 1. The highest BCUT2D eigenvalue weighted by Gasteiger charge is 2.34. The summed E-state index contributed by atoms with van der Waals surface area (Å²) in [6.45, 7) is 0.231. The van der Waals surface area contributed by atoms with Crippen molar-refractivity contribution in [2.24, 2.45) is 0 Å². The lowest BCUT2D eigenvalue weighted by Crippen LogP contribution is -2.42. The van der Waals surface area contributed by atoms with Crippen LogP contribution in [0.1, 0.15) is 45.9 Å². The van der Waals surface area contributed by atoms with Crippen LogP contribution in [0.15, 0.2) is 79.0 Å². The molecule has 5 nitrogen and oxygen atoms in total. The zero-order valence-electron chi connectivity index (χ0n) is 20.8. The third-order valence-corrected chi connectivity index (χ3v) is 6.94. The molecule has 0 aliphatic carbocycles. The van der Waals surface area contributed by atoms with Crippen LogP contribution >= 0.6 is 0 Å². The Hall–Kier alpha value is -4.12. The van der Waals surface area contributed by atoms with E-state index in [1.54, 1.807) is 35.2 Å². The second-order valence-corrected chi connectivity index (χ2v) is 9.60. The van der Waals surface area contributed by atoms with Gasteiger partial charge in [0.1, 0.15) is 0 Å². The summed E-state index contributed by atoms with van der Waals surface area (Å²) in [6, 6.07) is 15.4. The van der Waals surface area contributed by atoms with Crippen molar-refractivity contribution in [1.29, 1.82) is 0 Å². The van der Waals surface area contributed by atoms with Crippen LogP contribution in [-0.2, 0) is 12.4 Å². The first-order valence-electron chi connectivity index (χ1n) is 12.4. The van der Waals surface area contributed by atoms with Crippen molar-refractivity contribution in [2.45, 2.75) is 37.3 Å². The number of aliphatic hydroxyl groups excluding tert-OH is 1. The molecular formula is C29H23F6N3O2. The first-order chi connectivity index (χ1) is 18.9. The molecule has 40 heavy (non-hydrogen) atoms. The molecule has 2 atom stereocenters. The number of benzene rings is 3. The molecule has 1 aromatic heterocycles. The van der Waals surface area contributed by atoms with E-state index in [1.165, 1.54) is 24.4 Å². The van der Waals surface area contributed by atoms with E-state index >= 15 is 0 Å². The number of halogens is 6. The van der Waals surface area contributed by atoms with Gasteiger partial charge in [0.15, 0.2) is 0 Å². The number of carbonyl (C=O) groups excluding carboxylic acids is 1. The highest BCUT2D eigenvalue weighted by molar-refractivity contribution is 5.96. The number of pyridine rings is 1. The lowest BCUT2D eigenvalue weighted by molar-refractivity contribution is -0.138. The molecule has 2 N–H and O–H groups in total. The number of hydrogen-bond acceptors (Lipinski definition) is 4. The number of fused-ring (bicyclic) bond motifs is 1. The first kappa shape index (κ1) is 27.4. The van der Waals surface area contributed by atoms with Crippen LogP contribution in [-0.4, -0.2) is 33.5 Å². The van der Waals surface area contributed by atoms with Gasteiger partial charge in [-0.15, -0.1) is 0 Å². The second kappa shape index (κ2) is 10.5. The van der Waals surface area contributed by atoms with Crippen LogP contribution in [0.5, 0.6) is 0 Å². The predicted octanol–water partition coefficient (Wildman–Crippen LogP) is 7.35. The number of likely N-dealkylation sites (tertiary alicyclic amines) is 1. The molecule has 11 heteroatoms. The van der Waals surface area contributed by atoms with Gasteiger partial charge in [0, 0.05) is 35.1 Å². The Morgan fingerprint density at radius 1 is 0.875 bits per heavy atom. The minimum absolute atomic E-state index is 0.174. The fourth-order valence-electron chi connectivity index (χ4n) is 4.85. The van der Waals surface area contributed by atoms with Crippen molar-refractivity contribution in [3.63, 3.8) is 0 Å². The van der Waals surface area contributed by atoms with Gasteiger partial charge in [-0.1, -0.05) is 18.2 Å². The number of carbonyl (C=O) groups is 1. The molecule has 0 spiro atoms. The van der Waals surface area contributed by atoms with Gasteiger partial charge in [0.25, 0.3) is 5.91 Å². The van der Waals surface area contributed by atoms with E-state index in [-0.39, 0.29) is 24.4 Å². The molecule has 1 amide bonds. The highest BCUT2D eigenvalue weighted by Crippen LogP contribution is 2.36. The van der Waals surface area contributed by atoms with Crippen molar-refractivity contribution in [1.82, 2.24) is 9.88 Å². The van der Waals surface area contributed by atoms with Crippen molar-refractivity contribution < 1.29 is 36.2 Å². The maximum atomic E-state index is 13.4. The van der Waals surface area contributed by atoms with Gasteiger partial charge >= 0.3 is 12.4 Å². The van der Waals surface area contributed by atoms with E-state index in [1.807, 2.05) is 0 Å². The van der Waals surface area contributed by atoms with Crippen LogP contribution in [0.3, 0.4) is 0 Å². The molecule has 4 aromatic rings. The van der Waals surface area contributed by atoms with Crippen LogP contribution in [0, 0.1) is 0 Å². The molecule has 1 fully saturated rings. The van der Waals surface area contributed by atoms with Gasteiger partial charge in [-0.05, 0) is 73.0 Å². The van der Waals surface area contributed by atoms with Gasteiger partial charge in [-0.2, -0.15) is 26.3 Å². The summed E-state index contributed by atoms with van der Waals surface area (Å²) in [5.41, 5.74) is 0.532. The molecule has 0 bridgehead atoms. The molecule has 1 aliphatic heterocycles. The van der Waals surface area contributed by atoms with Gasteiger partial charge in [0.2, 0.25) is 0 Å². The number of amides is 1. The fourth-order valence-corrected chi connectivity index (χ4v) is 4.85. The zero-order chi connectivity index (χ0) is 28.7. The SMILES string of the molecule is O=C(c1ccc(Nc2ccnc3cc(C(F)(F)F)ccc23)cc1)N1CCC(O)CC1c1ccc(C(F)(F)F)cc1. The lowest BCUT2D eigenvalue weighted by Gasteiger charge is -2.38. The molecule has 208 valence electrons. The summed E-state index contributed by atoms with van der Waals surface area (Å²) < 4.78 is 78.2. The molecule has 5 rings (SSSR count). The number of nitrogens with zero attached hydrogens (tertiary/aromatic N) is 2. The molecular weight excluding hydrogens is 536 g/mol. The Morgan fingerprint density at radius 2 is 1.52 bits per heavy atom. The Balaban J connectivity index is 1.35. The topological polar surface area (TPSA) is 65.5 Å². The molecule has 1 aliphatic rings. The summed E-state index contributed by atoms with van der Waals surface area (Å²) in [6.07, 6.45) is -7.72. The first-order valence-corrected chi connectivity index (χ1v) is 12.4. The lowest BCUT2D eigenvalue weighted by atomic mass is 9.92. The average molecular weight is 560 g/mol. The number of alkyl halides is 6. The Labute approximate surface area is 225 Å². The second-order valence-electron chi connectivity index (χ2n) is 9.60. The van der Waals surface area contributed by atoms with E-state index in [4.69, 9.17) is 0 Å². The Bertz CT molecular complexity index is 1520. The van der Waals surface area contributed by atoms with Crippen molar-refractivity contribution in [3.8, 4) is 0 Å². The Morgan fingerprint density at radius 3 is 2.17 bits per heavy atom. The third-order valence-electron chi connectivity index (χ3n) is 6.94. The van der Waals surface area contributed by atoms with Crippen molar-refractivity contribution in [3.05, 3.63) is 101 Å². The van der Waals surface area contributed by atoms with Crippen LogP contribution in [0.25, 0.3) is 10.9 Å². The monoisotopic (exact) mass is 559 g/mol. The molecule has 0 radical (unpaired) electrons. The van der Waals surface area contributed by atoms with Gasteiger partial charge < -0.3 is 15.3 Å². The zero-order valence-corrected chi connectivity index (χ0v) is 20.8. The summed E-state index contributed by atoms with van der Waals surface area (Å²) in [4.78, 5) is 19.0. The standard InChI is InChI=1S/C29H23F6N3O2/c30-28(31,32)19-5-1-17(2-6-19)26-16-22(39)12-14-38(26)27(40)18-3-8-21(9-4-18)37-24-11-13-36-25-15-20(29(33,34)35)7-10-23(24)25/h1-11,13,15,22,26,39H,12,14,16H2,(H,36,37). The fraction of sp³-hybridized carbons (Fsp3) is 0.241. The van der Waals surface area contributed by atoms with Crippen molar-refractivity contribution >= 4 is 28.2 Å². The van der Waals surface area contributed by atoms with Crippen LogP contribution < -0.4 is 5.32 Å². The Kier molecular flexibility index (Phi) is 7.17. The molecule has 3 aromatic carbocycles. The minimum atomic E-state index is -4.49. The van der Waals surface area contributed by atoms with E-state index in [0.717, 1.165) is 24.3 Å². The molecule has 2 unspecified atom stereocenters. The largest absolute Gasteiger partial charge is 0.416 e. The molecule has 0 saturated carbocycles. The van der Waals surface area contributed by atoms with Gasteiger partial charge in [-0.25, -0.2) is 0 Å². The summed E-state index contributed by atoms with van der Waals surface area (Å²) in [7, 11) is 0. The number of hydrogen-bond donors (Lipinski definition) is 2. The number of anilines is 2. The van der Waals surface area contributed by atoms with E-state index in [0.29, 0.717) is 34.3 Å². The minimum Gasteiger partial charge on any atom is -0.393 e. The van der Waals surface area contributed by atoms with Crippen LogP contribution in [0.2, 0.25) is 0 Å². The summed E-state index contributed by atoms with van der Waals surface area (Å²) >= 11 is 0. The number of piperidine rings is 1. The van der Waals surface area contributed by atoms with Gasteiger partial charge in [-0.3, -0.25) is 9.78 Å². The van der Waals surface area contributed by atoms with Crippen molar-refractivity contribution in [2.75, 3.05) is 11.9 Å². The molecule has 2 heterocycles. The summed E-state index contributed by atoms with van der Waals surface area (Å²) in [5.74, 6) is -0.336. The number of aliphatic hydroxyl groups is 1. The maximum Gasteiger partial charge on any atom is 0.416 e. The normalized spacial score (nSPS) is 18.1. The van der Waals surface area contributed by atoms with Gasteiger partial charge in [0.05, 0.1) is 28.8 Å². The number of nitrogens with one attached hydrogen (secondary N) is 1. The highest BCUT2D eigenvalue weighted by atomic mass is 19.4. The number of rotatable bonds is 4. The smallest absolute Gasteiger partial charge is 0.393 e. The third kappa shape index (κ3) is 5.74. The van der Waals surface area contributed by atoms with E-state index < -0.39 is 35.6 Å². The molecule has 1 saturated heterocycles. The maximum absolute atomic E-state index is 13.4. The van der Waals surface area contributed by atoms with Crippen LogP contribution in [0.4, 0.5) is 37.7 Å². The van der Waals surface area contributed by atoms with E-state index in [2.05, 4.69) is 10.3 Å². The summed E-state index contributed by atoms with van der Waals surface area (Å²) in [5, 5.41) is 13.8.